The number of carbonyl (C=O) groups is 1. The van der Waals surface area contributed by atoms with Crippen LogP contribution in [0.5, 0.6) is 0 Å². The predicted octanol–water partition coefficient (Wildman–Crippen LogP) is 1.56. The Morgan fingerprint density at radius 3 is 2.95 bits per heavy atom. The number of hydrogen-bond donors (Lipinski definition) is 2. The van der Waals surface area contributed by atoms with E-state index in [4.69, 9.17) is 10.5 Å². The summed E-state index contributed by atoms with van der Waals surface area (Å²) in [4.78, 5) is 13.5. The number of rotatable bonds is 4. The van der Waals surface area contributed by atoms with Gasteiger partial charge >= 0.3 is 0 Å². The van der Waals surface area contributed by atoms with Crippen LogP contribution in [0.4, 0.5) is 11.4 Å². The van der Waals surface area contributed by atoms with Crippen LogP contribution in [0.25, 0.3) is 0 Å². The molecule has 2 rings (SSSR count). The Morgan fingerprint density at radius 1 is 1.53 bits per heavy atom. The number of ether oxygens (including phenoxy) is 1. The van der Waals surface area contributed by atoms with Crippen molar-refractivity contribution in [2.75, 3.05) is 38.3 Å². The number of benzene rings is 1. The summed E-state index contributed by atoms with van der Waals surface area (Å²) in [5.41, 5.74) is 8.00. The lowest BCUT2D eigenvalue weighted by Crippen LogP contribution is -2.22. The Hall–Kier alpha value is -1.75. The lowest BCUT2D eigenvalue weighted by molar-refractivity contribution is 0.0827. The second kappa shape index (κ2) is 5.93. The number of hydrogen-bond acceptors (Lipinski definition) is 4. The van der Waals surface area contributed by atoms with E-state index in [9.17, 15) is 4.79 Å². The van der Waals surface area contributed by atoms with Crippen LogP contribution in [0.3, 0.4) is 0 Å². The fourth-order valence-corrected chi connectivity index (χ4v) is 2.13. The van der Waals surface area contributed by atoms with Gasteiger partial charge in [-0.05, 0) is 31.0 Å². The maximum atomic E-state index is 11.9. The number of nitrogens with one attached hydrogen (secondary N) is 1. The number of nitrogen functional groups attached to an aromatic ring is 1. The summed E-state index contributed by atoms with van der Waals surface area (Å²) in [7, 11) is 3.47. The van der Waals surface area contributed by atoms with Crippen molar-refractivity contribution >= 4 is 17.3 Å². The maximum absolute atomic E-state index is 11.9. The number of anilines is 2. The molecule has 1 saturated heterocycles. The topological polar surface area (TPSA) is 67.6 Å². The maximum Gasteiger partial charge on any atom is 0.253 e. The van der Waals surface area contributed by atoms with Crippen molar-refractivity contribution in [3.8, 4) is 0 Å². The van der Waals surface area contributed by atoms with Crippen LogP contribution in [0.1, 0.15) is 23.2 Å². The average molecular weight is 263 g/mol. The highest BCUT2D eigenvalue weighted by Gasteiger charge is 2.16. The molecule has 104 valence electrons. The highest BCUT2D eigenvalue weighted by atomic mass is 16.5. The number of amides is 1. The van der Waals surface area contributed by atoms with E-state index >= 15 is 0 Å². The second-order valence-corrected chi connectivity index (χ2v) is 5.02. The zero-order chi connectivity index (χ0) is 13.8. The lowest BCUT2D eigenvalue weighted by atomic mass is 10.1. The van der Waals surface area contributed by atoms with Gasteiger partial charge in [-0.25, -0.2) is 0 Å². The molecule has 0 aliphatic carbocycles. The van der Waals surface area contributed by atoms with Crippen molar-refractivity contribution in [2.24, 2.45) is 0 Å². The summed E-state index contributed by atoms with van der Waals surface area (Å²) in [6.45, 7) is 1.56. The molecule has 0 saturated carbocycles. The highest BCUT2D eigenvalue weighted by Crippen LogP contribution is 2.22. The molecular weight excluding hydrogens is 242 g/mol. The molecule has 3 N–H and O–H groups in total. The Bertz CT molecular complexity index is 454. The molecule has 1 aromatic rings. The van der Waals surface area contributed by atoms with E-state index in [1.165, 1.54) is 0 Å². The summed E-state index contributed by atoms with van der Waals surface area (Å²) in [6.07, 6.45) is 2.43. The van der Waals surface area contributed by atoms with Crippen molar-refractivity contribution in [2.45, 2.75) is 18.9 Å². The van der Waals surface area contributed by atoms with Crippen LogP contribution >= 0.6 is 0 Å². The van der Waals surface area contributed by atoms with Gasteiger partial charge in [0.1, 0.15) is 0 Å². The van der Waals surface area contributed by atoms with Gasteiger partial charge in [-0.2, -0.15) is 0 Å². The van der Waals surface area contributed by atoms with Crippen LogP contribution in [0.15, 0.2) is 18.2 Å². The standard InChI is InChI=1S/C14H21N3O2/c1-17(2)14(18)10-5-6-12(15)13(8-10)16-9-11-4-3-7-19-11/h5-6,8,11,16H,3-4,7,9,15H2,1-2H3. The van der Waals surface area contributed by atoms with E-state index < -0.39 is 0 Å². The average Bonchev–Trinajstić information content (AvgIpc) is 2.90. The molecule has 1 amide bonds. The van der Waals surface area contributed by atoms with Gasteiger partial charge in [-0.1, -0.05) is 0 Å². The molecule has 1 unspecified atom stereocenters. The first-order valence-electron chi connectivity index (χ1n) is 6.54. The lowest BCUT2D eigenvalue weighted by Gasteiger charge is -2.16. The van der Waals surface area contributed by atoms with Crippen LogP contribution in [-0.2, 0) is 4.74 Å². The molecule has 1 aliphatic rings. The fraction of sp³-hybridized carbons (Fsp3) is 0.500. The molecule has 0 spiro atoms. The zero-order valence-corrected chi connectivity index (χ0v) is 11.5. The van der Waals surface area contributed by atoms with Crippen molar-refractivity contribution in [3.05, 3.63) is 23.8 Å². The molecule has 5 heteroatoms. The third-order valence-electron chi connectivity index (χ3n) is 3.25. The fourth-order valence-electron chi connectivity index (χ4n) is 2.13. The van der Waals surface area contributed by atoms with Gasteiger partial charge in [0.05, 0.1) is 17.5 Å². The van der Waals surface area contributed by atoms with Gasteiger partial charge in [0.25, 0.3) is 5.91 Å². The quantitative estimate of drug-likeness (QED) is 0.809. The first kappa shape index (κ1) is 13.7. The first-order valence-corrected chi connectivity index (χ1v) is 6.54. The molecule has 19 heavy (non-hydrogen) atoms. The molecule has 1 aromatic carbocycles. The normalized spacial score (nSPS) is 18.3. The van der Waals surface area contributed by atoms with E-state index in [1.54, 1.807) is 37.2 Å². The smallest absolute Gasteiger partial charge is 0.253 e. The highest BCUT2D eigenvalue weighted by molar-refractivity contribution is 5.95. The van der Waals surface area contributed by atoms with E-state index in [1.807, 2.05) is 0 Å². The minimum Gasteiger partial charge on any atom is -0.397 e. The molecule has 0 bridgehead atoms. The largest absolute Gasteiger partial charge is 0.397 e. The zero-order valence-electron chi connectivity index (χ0n) is 11.5. The molecule has 1 heterocycles. The van der Waals surface area contributed by atoms with Crippen LogP contribution in [-0.4, -0.2) is 44.2 Å². The van der Waals surface area contributed by atoms with E-state index in [2.05, 4.69) is 5.32 Å². The van der Waals surface area contributed by atoms with Crippen LogP contribution in [0, 0.1) is 0 Å². The first-order chi connectivity index (χ1) is 9.08. The van der Waals surface area contributed by atoms with E-state index in [0.29, 0.717) is 11.3 Å². The van der Waals surface area contributed by atoms with Gasteiger partial charge in [0.2, 0.25) is 0 Å². The summed E-state index contributed by atoms with van der Waals surface area (Å²) in [5, 5.41) is 3.27. The summed E-state index contributed by atoms with van der Waals surface area (Å²) in [6, 6.07) is 5.30. The van der Waals surface area contributed by atoms with Gasteiger partial charge in [0.15, 0.2) is 0 Å². The van der Waals surface area contributed by atoms with Gasteiger partial charge in [0, 0.05) is 32.8 Å². The summed E-state index contributed by atoms with van der Waals surface area (Å²) < 4.78 is 5.55. The predicted molar refractivity (Wildman–Crippen MR) is 76.3 cm³/mol. The summed E-state index contributed by atoms with van der Waals surface area (Å²) >= 11 is 0. The number of nitrogens with zero attached hydrogens (tertiary/aromatic N) is 1. The molecule has 1 aliphatic heterocycles. The van der Waals surface area contributed by atoms with Crippen molar-refractivity contribution in [1.82, 2.24) is 4.90 Å². The Labute approximate surface area is 113 Å². The van der Waals surface area contributed by atoms with E-state index in [-0.39, 0.29) is 12.0 Å². The Balaban J connectivity index is 2.06. The van der Waals surface area contributed by atoms with E-state index in [0.717, 1.165) is 31.7 Å². The minimum absolute atomic E-state index is 0.0276. The van der Waals surface area contributed by atoms with Crippen molar-refractivity contribution < 1.29 is 9.53 Å². The number of carbonyl (C=O) groups excluding carboxylic acids is 1. The van der Waals surface area contributed by atoms with Crippen molar-refractivity contribution in [3.63, 3.8) is 0 Å². The monoisotopic (exact) mass is 263 g/mol. The van der Waals surface area contributed by atoms with Crippen LogP contribution < -0.4 is 11.1 Å². The molecule has 0 aromatic heterocycles. The second-order valence-electron chi connectivity index (χ2n) is 5.02. The molecule has 1 fully saturated rings. The van der Waals surface area contributed by atoms with Gasteiger partial charge < -0.3 is 20.7 Å². The molecule has 5 nitrogen and oxygen atoms in total. The molecule has 1 atom stereocenters. The Morgan fingerprint density at radius 2 is 2.32 bits per heavy atom. The summed E-state index contributed by atoms with van der Waals surface area (Å²) in [5.74, 6) is -0.0276. The Kier molecular flexibility index (Phi) is 4.27. The third-order valence-corrected chi connectivity index (χ3v) is 3.25. The van der Waals surface area contributed by atoms with Crippen molar-refractivity contribution in [1.29, 1.82) is 0 Å². The minimum atomic E-state index is -0.0276. The molecule has 0 radical (unpaired) electrons. The SMILES string of the molecule is CN(C)C(=O)c1ccc(N)c(NCC2CCCO2)c1. The third kappa shape index (κ3) is 3.38. The van der Waals surface area contributed by atoms with Crippen LogP contribution in [0.2, 0.25) is 0 Å². The number of nitrogens with two attached hydrogens (primary N) is 1. The van der Waals surface area contributed by atoms with Gasteiger partial charge in [-0.15, -0.1) is 0 Å². The van der Waals surface area contributed by atoms with Gasteiger partial charge in [-0.3, -0.25) is 4.79 Å². The molecular formula is C14H21N3O2.